The molecule has 13 heavy (non-hydrogen) atoms. The van der Waals surface area contributed by atoms with E-state index in [1.165, 1.54) is 32.6 Å². The van der Waals surface area contributed by atoms with Gasteiger partial charge >= 0.3 is 0 Å². The van der Waals surface area contributed by atoms with Crippen molar-refractivity contribution in [2.45, 2.75) is 40.2 Å². The van der Waals surface area contributed by atoms with Gasteiger partial charge in [-0.3, -0.25) is 0 Å². The summed E-state index contributed by atoms with van der Waals surface area (Å²) in [5, 5.41) is 3.64. The molecule has 0 bridgehead atoms. The Kier molecular flexibility index (Phi) is 3.74. The van der Waals surface area contributed by atoms with E-state index < -0.39 is 0 Å². The van der Waals surface area contributed by atoms with Crippen LogP contribution in [0.3, 0.4) is 0 Å². The highest BCUT2D eigenvalue weighted by Crippen LogP contribution is 2.21. The van der Waals surface area contributed by atoms with Crippen LogP contribution in [0.4, 0.5) is 0 Å². The van der Waals surface area contributed by atoms with Crippen molar-refractivity contribution in [1.82, 2.24) is 10.2 Å². The second kappa shape index (κ2) is 4.43. The Morgan fingerprint density at radius 2 is 2.08 bits per heavy atom. The molecule has 1 atom stereocenters. The lowest BCUT2D eigenvalue weighted by atomic mass is 9.86. The maximum Gasteiger partial charge on any atom is 0.0243 e. The molecule has 0 aromatic carbocycles. The first-order valence-corrected chi connectivity index (χ1v) is 5.49. The minimum absolute atomic E-state index is 0.387. The summed E-state index contributed by atoms with van der Waals surface area (Å²) in [7, 11) is 0. The molecule has 2 heteroatoms. The normalized spacial score (nSPS) is 27.2. The Balaban J connectivity index is 2.54. The maximum absolute atomic E-state index is 3.64. The molecule has 1 aliphatic rings. The number of nitrogens with one attached hydrogen (secondary N) is 1. The number of nitrogens with zero attached hydrogens (tertiary/aromatic N) is 1. The average Bonchev–Trinajstić information content (AvgIpc) is 2.27. The molecule has 1 N–H and O–H groups in total. The summed E-state index contributed by atoms with van der Waals surface area (Å²) in [4.78, 5) is 2.55. The first-order valence-electron chi connectivity index (χ1n) is 5.49. The molecule has 0 aliphatic carbocycles. The van der Waals surface area contributed by atoms with Gasteiger partial charge in [0.2, 0.25) is 0 Å². The van der Waals surface area contributed by atoms with Gasteiger partial charge in [0.05, 0.1) is 0 Å². The molecule has 0 amide bonds. The van der Waals surface area contributed by atoms with Gasteiger partial charge in [-0.25, -0.2) is 0 Å². The largest absolute Gasteiger partial charge is 0.312 e. The van der Waals surface area contributed by atoms with Gasteiger partial charge in [-0.15, -0.1) is 0 Å². The van der Waals surface area contributed by atoms with Crippen LogP contribution in [0, 0.1) is 5.41 Å². The summed E-state index contributed by atoms with van der Waals surface area (Å²) in [6, 6.07) is 0.648. The van der Waals surface area contributed by atoms with Crippen LogP contribution in [0.1, 0.15) is 34.1 Å². The van der Waals surface area contributed by atoms with Crippen LogP contribution in [0.25, 0.3) is 0 Å². The summed E-state index contributed by atoms with van der Waals surface area (Å²) in [5.74, 6) is 0. The fourth-order valence-corrected chi connectivity index (χ4v) is 1.86. The zero-order valence-corrected chi connectivity index (χ0v) is 9.56. The Morgan fingerprint density at radius 1 is 1.38 bits per heavy atom. The molecule has 2 nitrogen and oxygen atoms in total. The standard InChI is InChI=1S/C11H24N2/c1-5-13-8-6-7-12-10(9-13)11(2,3)4/h10,12H,5-9H2,1-4H3/t10-/m1/s1. The predicted octanol–water partition coefficient (Wildman–Crippen LogP) is 1.72. The molecular formula is C11H24N2. The number of rotatable bonds is 1. The molecule has 0 spiro atoms. The van der Waals surface area contributed by atoms with E-state index in [9.17, 15) is 0 Å². The summed E-state index contributed by atoms with van der Waals surface area (Å²) in [6.45, 7) is 14.1. The first kappa shape index (κ1) is 11.0. The summed E-state index contributed by atoms with van der Waals surface area (Å²) < 4.78 is 0. The fraction of sp³-hybridized carbons (Fsp3) is 1.00. The Morgan fingerprint density at radius 3 is 2.62 bits per heavy atom. The van der Waals surface area contributed by atoms with Gasteiger partial charge in [-0.1, -0.05) is 27.7 Å². The molecule has 0 aromatic heterocycles. The summed E-state index contributed by atoms with van der Waals surface area (Å²) in [5.41, 5.74) is 0.387. The van der Waals surface area contributed by atoms with E-state index in [0.29, 0.717) is 11.5 Å². The Labute approximate surface area is 82.7 Å². The lowest BCUT2D eigenvalue weighted by molar-refractivity contribution is 0.203. The van der Waals surface area contributed by atoms with Crippen molar-refractivity contribution in [3.63, 3.8) is 0 Å². The SMILES string of the molecule is CCN1CCCN[C@@H](C(C)(C)C)C1. The molecule has 1 aliphatic heterocycles. The predicted molar refractivity (Wildman–Crippen MR) is 58.0 cm³/mol. The zero-order chi connectivity index (χ0) is 9.90. The smallest absolute Gasteiger partial charge is 0.0243 e. The van der Waals surface area contributed by atoms with Gasteiger partial charge in [0, 0.05) is 12.6 Å². The van der Waals surface area contributed by atoms with Crippen molar-refractivity contribution in [3.8, 4) is 0 Å². The van der Waals surface area contributed by atoms with E-state index in [4.69, 9.17) is 0 Å². The molecular weight excluding hydrogens is 160 g/mol. The van der Waals surface area contributed by atoms with Gasteiger partial charge in [0.25, 0.3) is 0 Å². The third-order valence-corrected chi connectivity index (χ3v) is 2.98. The van der Waals surface area contributed by atoms with Gasteiger partial charge < -0.3 is 10.2 Å². The van der Waals surface area contributed by atoms with Crippen LogP contribution in [0.15, 0.2) is 0 Å². The molecule has 0 radical (unpaired) electrons. The van der Waals surface area contributed by atoms with Gasteiger partial charge in [-0.05, 0) is 31.5 Å². The van der Waals surface area contributed by atoms with Crippen LogP contribution < -0.4 is 5.32 Å². The third-order valence-electron chi connectivity index (χ3n) is 2.98. The molecule has 1 saturated heterocycles. The second-order valence-electron chi connectivity index (χ2n) is 5.12. The van der Waals surface area contributed by atoms with Gasteiger partial charge in [-0.2, -0.15) is 0 Å². The highest BCUT2D eigenvalue weighted by molar-refractivity contribution is 4.85. The van der Waals surface area contributed by atoms with Crippen LogP contribution in [-0.2, 0) is 0 Å². The van der Waals surface area contributed by atoms with Gasteiger partial charge in [0.15, 0.2) is 0 Å². The minimum atomic E-state index is 0.387. The molecule has 1 heterocycles. The Bertz CT molecular complexity index is 149. The van der Waals surface area contributed by atoms with Crippen molar-refractivity contribution in [3.05, 3.63) is 0 Å². The molecule has 0 unspecified atom stereocenters. The second-order valence-corrected chi connectivity index (χ2v) is 5.12. The number of likely N-dealkylation sites (N-methyl/N-ethyl adjacent to an activating group) is 1. The topological polar surface area (TPSA) is 15.3 Å². The minimum Gasteiger partial charge on any atom is -0.312 e. The van der Waals surface area contributed by atoms with Crippen molar-refractivity contribution in [1.29, 1.82) is 0 Å². The van der Waals surface area contributed by atoms with Crippen molar-refractivity contribution >= 4 is 0 Å². The molecule has 1 fully saturated rings. The van der Waals surface area contributed by atoms with Crippen molar-refractivity contribution in [2.24, 2.45) is 5.41 Å². The zero-order valence-electron chi connectivity index (χ0n) is 9.56. The summed E-state index contributed by atoms with van der Waals surface area (Å²) in [6.07, 6.45) is 1.29. The maximum atomic E-state index is 3.64. The average molecular weight is 184 g/mol. The monoisotopic (exact) mass is 184 g/mol. The molecule has 78 valence electrons. The first-order chi connectivity index (χ1) is 6.04. The van der Waals surface area contributed by atoms with E-state index >= 15 is 0 Å². The summed E-state index contributed by atoms with van der Waals surface area (Å²) >= 11 is 0. The number of hydrogen-bond acceptors (Lipinski definition) is 2. The van der Waals surface area contributed by atoms with Crippen LogP contribution in [-0.4, -0.2) is 37.1 Å². The highest BCUT2D eigenvalue weighted by Gasteiger charge is 2.27. The molecule has 1 rings (SSSR count). The van der Waals surface area contributed by atoms with Crippen LogP contribution >= 0.6 is 0 Å². The lowest BCUT2D eigenvalue weighted by Crippen LogP contribution is -2.46. The van der Waals surface area contributed by atoms with Crippen molar-refractivity contribution in [2.75, 3.05) is 26.2 Å². The van der Waals surface area contributed by atoms with E-state index in [-0.39, 0.29) is 0 Å². The molecule has 0 aromatic rings. The number of hydrogen-bond donors (Lipinski definition) is 1. The van der Waals surface area contributed by atoms with E-state index in [2.05, 4.69) is 37.9 Å². The highest BCUT2D eigenvalue weighted by atomic mass is 15.2. The van der Waals surface area contributed by atoms with Crippen molar-refractivity contribution < 1.29 is 0 Å². The van der Waals surface area contributed by atoms with Gasteiger partial charge in [0.1, 0.15) is 0 Å². The Hall–Kier alpha value is -0.0800. The lowest BCUT2D eigenvalue weighted by Gasteiger charge is -2.33. The molecule has 0 saturated carbocycles. The third kappa shape index (κ3) is 3.28. The quantitative estimate of drug-likeness (QED) is 0.667. The van der Waals surface area contributed by atoms with E-state index in [0.717, 1.165) is 0 Å². The van der Waals surface area contributed by atoms with E-state index in [1.807, 2.05) is 0 Å². The van der Waals surface area contributed by atoms with Crippen LogP contribution in [0.2, 0.25) is 0 Å². The van der Waals surface area contributed by atoms with Crippen LogP contribution in [0.5, 0.6) is 0 Å². The van der Waals surface area contributed by atoms with E-state index in [1.54, 1.807) is 0 Å². The fourth-order valence-electron chi connectivity index (χ4n) is 1.86.